The van der Waals surface area contributed by atoms with Crippen molar-refractivity contribution in [3.63, 3.8) is 0 Å². The first-order chi connectivity index (χ1) is 11.6. The summed E-state index contributed by atoms with van der Waals surface area (Å²) in [6.07, 6.45) is 3.26. The van der Waals surface area contributed by atoms with Gasteiger partial charge in [-0.1, -0.05) is 29.8 Å². The number of rotatable bonds is 5. The Balaban J connectivity index is 0.00000225. The van der Waals surface area contributed by atoms with E-state index in [1.54, 1.807) is 4.68 Å². The van der Waals surface area contributed by atoms with Crippen molar-refractivity contribution in [2.24, 2.45) is 7.05 Å². The van der Waals surface area contributed by atoms with Crippen LogP contribution in [0.1, 0.15) is 42.1 Å². The van der Waals surface area contributed by atoms with Gasteiger partial charge < -0.3 is 5.32 Å². The fourth-order valence-electron chi connectivity index (χ4n) is 3.08. The van der Waals surface area contributed by atoms with Crippen LogP contribution in [-0.4, -0.2) is 33.8 Å². The minimum atomic E-state index is -0.0242. The lowest BCUT2D eigenvalue weighted by Gasteiger charge is -2.19. The maximum absolute atomic E-state index is 12.2. The second-order valence-electron chi connectivity index (χ2n) is 6.48. The highest BCUT2D eigenvalue weighted by molar-refractivity contribution is 5.89. The zero-order valence-electron chi connectivity index (χ0n) is 14.8. The Morgan fingerprint density at radius 1 is 1.36 bits per heavy atom. The predicted octanol–water partition coefficient (Wildman–Crippen LogP) is 2.58. The summed E-state index contributed by atoms with van der Waals surface area (Å²) in [5.41, 5.74) is 2.39. The summed E-state index contributed by atoms with van der Waals surface area (Å²) in [6.45, 7) is 4.06. The number of carbonyl (C=O) groups is 1. The number of anilines is 1. The van der Waals surface area contributed by atoms with Crippen molar-refractivity contribution in [2.75, 3.05) is 18.4 Å². The van der Waals surface area contributed by atoms with Crippen LogP contribution in [0.5, 0.6) is 0 Å². The molecule has 6 nitrogen and oxygen atoms in total. The number of benzene rings is 1. The van der Waals surface area contributed by atoms with Crippen molar-refractivity contribution in [1.29, 1.82) is 0 Å². The average molecular weight is 364 g/mol. The second kappa shape index (κ2) is 8.97. The first-order valence-corrected chi connectivity index (χ1v) is 8.59. The van der Waals surface area contributed by atoms with E-state index in [0.717, 1.165) is 38.2 Å². The van der Waals surface area contributed by atoms with Gasteiger partial charge >= 0.3 is 0 Å². The van der Waals surface area contributed by atoms with Crippen molar-refractivity contribution < 1.29 is 4.79 Å². The van der Waals surface area contributed by atoms with E-state index in [1.807, 2.05) is 13.1 Å². The van der Waals surface area contributed by atoms with Crippen LogP contribution in [0.3, 0.4) is 0 Å². The van der Waals surface area contributed by atoms with E-state index in [1.165, 1.54) is 11.1 Å². The minimum Gasteiger partial charge on any atom is -0.317 e. The third kappa shape index (κ3) is 5.28. The quantitative estimate of drug-likeness (QED) is 0.856. The van der Waals surface area contributed by atoms with Gasteiger partial charge in [0.2, 0.25) is 11.9 Å². The number of carbonyl (C=O) groups excluding carboxylic acids is 1. The standard InChI is InChI=1S/C18H25N5O.ClH/c1-13-4-3-5-14(12-13)6-7-16(24)20-18-21-17(22-23(18)2)15-8-10-19-11-9-15;/h3-5,12,15,19H,6-11H2,1-2H3,(H,20,21,22,24);1H. The van der Waals surface area contributed by atoms with Gasteiger partial charge in [-0.05, 0) is 44.8 Å². The molecule has 0 saturated carbocycles. The number of nitrogens with zero attached hydrogens (tertiary/aromatic N) is 3. The predicted molar refractivity (Wildman–Crippen MR) is 101 cm³/mol. The van der Waals surface area contributed by atoms with E-state index < -0.39 is 0 Å². The molecule has 0 radical (unpaired) electrons. The molecule has 1 fully saturated rings. The summed E-state index contributed by atoms with van der Waals surface area (Å²) in [5.74, 6) is 1.74. The number of hydrogen-bond donors (Lipinski definition) is 2. The van der Waals surface area contributed by atoms with Crippen molar-refractivity contribution in [1.82, 2.24) is 20.1 Å². The lowest BCUT2D eigenvalue weighted by atomic mass is 9.98. The Morgan fingerprint density at radius 3 is 2.84 bits per heavy atom. The summed E-state index contributed by atoms with van der Waals surface area (Å²) in [4.78, 5) is 16.7. The highest BCUT2D eigenvalue weighted by Gasteiger charge is 2.21. The van der Waals surface area contributed by atoms with E-state index in [4.69, 9.17) is 0 Å². The zero-order valence-corrected chi connectivity index (χ0v) is 15.6. The van der Waals surface area contributed by atoms with E-state index in [0.29, 0.717) is 18.3 Å². The average Bonchev–Trinajstić information content (AvgIpc) is 2.95. The molecule has 1 aliphatic heterocycles. The molecule has 0 spiro atoms. The number of amides is 1. The summed E-state index contributed by atoms with van der Waals surface area (Å²) in [6, 6.07) is 8.25. The first-order valence-electron chi connectivity index (χ1n) is 8.59. The molecule has 1 amide bonds. The molecular weight excluding hydrogens is 338 g/mol. The number of piperidine rings is 1. The summed E-state index contributed by atoms with van der Waals surface area (Å²) >= 11 is 0. The molecule has 25 heavy (non-hydrogen) atoms. The maximum atomic E-state index is 12.2. The van der Waals surface area contributed by atoms with Crippen LogP contribution in [0.4, 0.5) is 5.95 Å². The highest BCUT2D eigenvalue weighted by atomic mass is 35.5. The van der Waals surface area contributed by atoms with Gasteiger partial charge in [0.25, 0.3) is 0 Å². The molecule has 1 aromatic carbocycles. The fourth-order valence-corrected chi connectivity index (χ4v) is 3.08. The highest BCUT2D eigenvalue weighted by Crippen LogP contribution is 2.23. The molecule has 0 atom stereocenters. The number of aryl methyl sites for hydroxylation is 3. The second-order valence-corrected chi connectivity index (χ2v) is 6.48. The Labute approximate surface area is 154 Å². The van der Waals surface area contributed by atoms with Gasteiger partial charge in [0, 0.05) is 19.4 Å². The van der Waals surface area contributed by atoms with Gasteiger partial charge in [0.15, 0.2) is 5.82 Å². The van der Waals surface area contributed by atoms with Gasteiger partial charge in [-0.3, -0.25) is 10.1 Å². The molecule has 0 bridgehead atoms. The van der Waals surface area contributed by atoms with Crippen LogP contribution in [0.25, 0.3) is 0 Å². The summed E-state index contributed by atoms with van der Waals surface area (Å²) < 4.78 is 1.67. The lowest BCUT2D eigenvalue weighted by Crippen LogP contribution is -2.27. The Bertz CT molecular complexity index is 709. The van der Waals surface area contributed by atoms with E-state index in [2.05, 4.69) is 45.8 Å². The summed E-state index contributed by atoms with van der Waals surface area (Å²) in [7, 11) is 1.83. The fraction of sp³-hybridized carbons (Fsp3) is 0.500. The molecule has 2 heterocycles. The van der Waals surface area contributed by atoms with Crippen LogP contribution in [0.15, 0.2) is 24.3 Å². The lowest BCUT2D eigenvalue weighted by molar-refractivity contribution is -0.116. The van der Waals surface area contributed by atoms with Gasteiger partial charge in [-0.15, -0.1) is 12.4 Å². The van der Waals surface area contributed by atoms with E-state index in [9.17, 15) is 4.79 Å². The van der Waals surface area contributed by atoms with Crippen molar-refractivity contribution in [3.05, 3.63) is 41.2 Å². The molecule has 1 saturated heterocycles. The molecule has 3 rings (SSSR count). The van der Waals surface area contributed by atoms with Crippen LogP contribution in [-0.2, 0) is 18.3 Å². The third-order valence-electron chi connectivity index (χ3n) is 4.46. The smallest absolute Gasteiger partial charge is 0.227 e. The third-order valence-corrected chi connectivity index (χ3v) is 4.46. The molecule has 0 unspecified atom stereocenters. The molecule has 136 valence electrons. The maximum Gasteiger partial charge on any atom is 0.227 e. The van der Waals surface area contributed by atoms with Crippen LogP contribution >= 0.6 is 12.4 Å². The number of hydrogen-bond acceptors (Lipinski definition) is 4. The number of aromatic nitrogens is 3. The topological polar surface area (TPSA) is 71.8 Å². The van der Waals surface area contributed by atoms with Gasteiger partial charge in [-0.25, -0.2) is 4.68 Å². The van der Waals surface area contributed by atoms with Crippen LogP contribution in [0, 0.1) is 6.92 Å². The SMILES string of the molecule is Cc1cccc(CCC(=O)Nc2nc(C3CCNCC3)nn2C)c1.Cl. The minimum absolute atomic E-state index is 0. The Morgan fingerprint density at radius 2 is 2.12 bits per heavy atom. The van der Waals surface area contributed by atoms with Crippen molar-refractivity contribution in [2.45, 2.75) is 38.5 Å². The number of halogens is 1. The van der Waals surface area contributed by atoms with Gasteiger partial charge in [0.05, 0.1) is 0 Å². The molecule has 7 heteroatoms. The largest absolute Gasteiger partial charge is 0.317 e. The van der Waals surface area contributed by atoms with Crippen molar-refractivity contribution >= 4 is 24.3 Å². The van der Waals surface area contributed by atoms with Gasteiger partial charge in [-0.2, -0.15) is 10.1 Å². The number of nitrogens with one attached hydrogen (secondary N) is 2. The Hall–Kier alpha value is -1.92. The molecular formula is C18H26ClN5O. The molecule has 1 aliphatic rings. The molecule has 1 aromatic heterocycles. The van der Waals surface area contributed by atoms with Crippen LogP contribution in [0.2, 0.25) is 0 Å². The van der Waals surface area contributed by atoms with Crippen molar-refractivity contribution in [3.8, 4) is 0 Å². The van der Waals surface area contributed by atoms with E-state index >= 15 is 0 Å². The van der Waals surface area contributed by atoms with E-state index in [-0.39, 0.29) is 18.3 Å². The van der Waals surface area contributed by atoms with Gasteiger partial charge in [0.1, 0.15) is 0 Å². The molecule has 2 aromatic rings. The first kappa shape index (κ1) is 19.4. The normalized spacial score (nSPS) is 14.8. The monoisotopic (exact) mass is 363 g/mol. The summed E-state index contributed by atoms with van der Waals surface area (Å²) in [5, 5.41) is 10.7. The zero-order chi connectivity index (χ0) is 16.9. The molecule has 0 aliphatic carbocycles. The molecule has 2 N–H and O–H groups in total. The van der Waals surface area contributed by atoms with Crippen LogP contribution < -0.4 is 10.6 Å². The Kier molecular flexibility index (Phi) is 6.96.